The van der Waals surface area contributed by atoms with Crippen LogP contribution in [0, 0.1) is 18.6 Å². The number of hydrogen-bond donors (Lipinski definition) is 2. The van der Waals surface area contributed by atoms with Gasteiger partial charge in [0.25, 0.3) is 11.8 Å². The molecule has 0 fully saturated rings. The van der Waals surface area contributed by atoms with Crippen molar-refractivity contribution in [3.05, 3.63) is 81.7 Å². The number of halogens is 2. The van der Waals surface area contributed by atoms with Crippen molar-refractivity contribution >= 4 is 39.8 Å². The average molecular weight is 444 g/mol. The first-order valence-corrected chi connectivity index (χ1v) is 10.1. The van der Waals surface area contributed by atoms with Crippen LogP contribution >= 0.6 is 11.3 Å². The largest absolute Gasteiger partial charge is 0.462 e. The van der Waals surface area contributed by atoms with E-state index in [-0.39, 0.29) is 38.9 Å². The maximum absolute atomic E-state index is 13.9. The molecule has 6 nitrogen and oxygen atoms in total. The minimum absolute atomic E-state index is 0.00952. The normalized spacial score (nSPS) is 10.5. The molecule has 3 rings (SSSR count). The number of esters is 1. The predicted molar refractivity (Wildman–Crippen MR) is 114 cm³/mol. The van der Waals surface area contributed by atoms with Gasteiger partial charge in [-0.15, -0.1) is 11.3 Å². The van der Waals surface area contributed by atoms with Gasteiger partial charge in [-0.3, -0.25) is 9.59 Å². The van der Waals surface area contributed by atoms with Crippen LogP contribution in [0.4, 0.5) is 19.5 Å². The Morgan fingerprint density at radius 3 is 2.42 bits per heavy atom. The van der Waals surface area contributed by atoms with Crippen LogP contribution in [0.15, 0.2) is 48.5 Å². The molecule has 31 heavy (non-hydrogen) atoms. The molecule has 0 radical (unpaired) electrons. The Hall–Kier alpha value is -3.59. The van der Waals surface area contributed by atoms with E-state index in [9.17, 15) is 23.2 Å². The van der Waals surface area contributed by atoms with E-state index in [1.807, 2.05) is 0 Å². The van der Waals surface area contributed by atoms with Gasteiger partial charge in [0.15, 0.2) is 0 Å². The lowest BCUT2D eigenvalue weighted by molar-refractivity contribution is 0.0527. The zero-order chi connectivity index (χ0) is 22.5. The molecule has 0 aliphatic heterocycles. The minimum Gasteiger partial charge on any atom is -0.462 e. The molecule has 0 bridgehead atoms. The van der Waals surface area contributed by atoms with Crippen LogP contribution in [0.3, 0.4) is 0 Å². The molecule has 2 N–H and O–H groups in total. The maximum atomic E-state index is 13.9. The Labute approximate surface area is 180 Å². The summed E-state index contributed by atoms with van der Waals surface area (Å²) in [7, 11) is 0. The molecule has 0 saturated heterocycles. The molecule has 2 amide bonds. The highest BCUT2D eigenvalue weighted by Crippen LogP contribution is 2.35. The lowest BCUT2D eigenvalue weighted by Crippen LogP contribution is -2.15. The minimum atomic E-state index is -0.726. The molecule has 0 aliphatic rings. The van der Waals surface area contributed by atoms with Gasteiger partial charge in [0.2, 0.25) is 0 Å². The number of ether oxygens (including phenoxy) is 1. The molecule has 1 heterocycles. The summed E-state index contributed by atoms with van der Waals surface area (Å²) in [4.78, 5) is 37.9. The van der Waals surface area contributed by atoms with Crippen LogP contribution in [0.25, 0.3) is 0 Å². The van der Waals surface area contributed by atoms with Crippen LogP contribution in [-0.2, 0) is 4.74 Å². The second-order valence-corrected chi connectivity index (χ2v) is 7.40. The van der Waals surface area contributed by atoms with Crippen LogP contribution in [0.1, 0.15) is 42.9 Å². The number of thiophene rings is 1. The molecule has 9 heteroatoms. The van der Waals surface area contributed by atoms with Crippen molar-refractivity contribution in [1.82, 2.24) is 0 Å². The Morgan fingerprint density at radius 1 is 1.00 bits per heavy atom. The van der Waals surface area contributed by atoms with Gasteiger partial charge in [-0.05, 0) is 49.7 Å². The number of hydrogen-bond acceptors (Lipinski definition) is 5. The zero-order valence-electron chi connectivity index (χ0n) is 16.6. The zero-order valence-corrected chi connectivity index (χ0v) is 17.4. The Kier molecular flexibility index (Phi) is 6.76. The third-order valence-electron chi connectivity index (χ3n) is 4.27. The first-order chi connectivity index (χ1) is 14.8. The van der Waals surface area contributed by atoms with E-state index >= 15 is 0 Å². The predicted octanol–water partition coefficient (Wildman–Crippen LogP) is 5.02. The molecule has 1 aromatic heterocycles. The van der Waals surface area contributed by atoms with Crippen LogP contribution < -0.4 is 10.6 Å². The van der Waals surface area contributed by atoms with Gasteiger partial charge >= 0.3 is 5.97 Å². The highest BCUT2D eigenvalue weighted by atomic mass is 32.1. The van der Waals surface area contributed by atoms with Crippen molar-refractivity contribution in [3.63, 3.8) is 0 Å². The fourth-order valence-electron chi connectivity index (χ4n) is 2.81. The molecule has 0 aliphatic carbocycles. The molecule has 0 saturated carbocycles. The van der Waals surface area contributed by atoms with E-state index < -0.39 is 29.4 Å². The SMILES string of the molecule is CCOC(=O)c1c(NC(=O)c2cccc(F)c2)sc(C(=O)Nc2ccccc2F)c1C. The molecule has 2 aromatic carbocycles. The number of para-hydroxylation sites is 1. The number of carbonyl (C=O) groups excluding carboxylic acids is 3. The van der Waals surface area contributed by atoms with E-state index in [1.165, 1.54) is 43.3 Å². The number of benzene rings is 2. The van der Waals surface area contributed by atoms with E-state index in [0.717, 1.165) is 17.4 Å². The number of anilines is 2. The summed E-state index contributed by atoms with van der Waals surface area (Å²) < 4.78 is 32.4. The summed E-state index contributed by atoms with van der Waals surface area (Å²) in [6.07, 6.45) is 0. The van der Waals surface area contributed by atoms with Crippen LogP contribution in [-0.4, -0.2) is 24.4 Å². The smallest absolute Gasteiger partial charge is 0.341 e. The van der Waals surface area contributed by atoms with Crippen molar-refractivity contribution in [1.29, 1.82) is 0 Å². The van der Waals surface area contributed by atoms with Gasteiger partial charge in [-0.2, -0.15) is 0 Å². The maximum Gasteiger partial charge on any atom is 0.341 e. The summed E-state index contributed by atoms with van der Waals surface area (Å²) in [6.45, 7) is 3.23. The third kappa shape index (κ3) is 4.95. The molecule has 0 atom stereocenters. The highest BCUT2D eigenvalue weighted by molar-refractivity contribution is 7.19. The molecule has 160 valence electrons. The quantitative estimate of drug-likeness (QED) is 0.523. The van der Waals surface area contributed by atoms with Gasteiger partial charge in [0.05, 0.1) is 22.7 Å². The second-order valence-electron chi connectivity index (χ2n) is 6.38. The Bertz CT molecular complexity index is 1160. The first-order valence-electron chi connectivity index (χ1n) is 9.25. The van der Waals surface area contributed by atoms with Crippen molar-refractivity contribution in [2.75, 3.05) is 17.2 Å². The van der Waals surface area contributed by atoms with Gasteiger partial charge in [0, 0.05) is 5.56 Å². The van der Waals surface area contributed by atoms with Gasteiger partial charge in [-0.1, -0.05) is 18.2 Å². The molecule has 0 unspecified atom stereocenters. The summed E-state index contributed by atoms with van der Waals surface area (Å²) in [5.41, 5.74) is 0.295. The standard InChI is InChI=1S/C22H18F2N2O4S/c1-3-30-22(29)17-12(2)18(20(28)25-16-10-5-4-9-15(16)24)31-21(17)26-19(27)13-7-6-8-14(23)11-13/h4-11H,3H2,1-2H3,(H,25,28)(H,26,27). The summed E-state index contributed by atoms with van der Waals surface area (Å²) in [6, 6.07) is 10.7. The van der Waals surface area contributed by atoms with E-state index in [0.29, 0.717) is 0 Å². The summed E-state index contributed by atoms with van der Waals surface area (Å²) in [5.74, 6) is -3.24. The fourth-order valence-corrected chi connectivity index (χ4v) is 3.90. The number of nitrogens with one attached hydrogen (secondary N) is 2. The molecule has 0 spiro atoms. The lowest BCUT2D eigenvalue weighted by atomic mass is 10.1. The lowest BCUT2D eigenvalue weighted by Gasteiger charge is -2.07. The van der Waals surface area contributed by atoms with Crippen molar-refractivity contribution in [2.45, 2.75) is 13.8 Å². The average Bonchev–Trinajstić information content (AvgIpc) is 3.05. The van der Waals surface area contributed by atoms with Crippen LogP contribution in [0.2, 0.25) is 0 Å². The van der Waals surface area contributed by atoms with E-state index in [2.05, 4.69) is 10.6 Å². The number of carbonyl (C=O) groups is 3. The van der Waals surface area contributed by atoms with Gasteiger partial charge in [0.1, 0.15) is 16.6 Å². The van der Waals surface area contributed by atoms with Crippen molar-refractivity contribution < 1.29 is 27.9 Å². The summed E-state index contributed by atoms with van der Waals surface area (Å²) >= 11 is 0.840. The Morgan fingerprint density at radius 2 is 1.74 bits per heavy atom. The monoisotopic (exact) mass is 444 g/mol. The van der Waals surface area contributed by atoms with Gasteiger partial charge in [-0.25, -0.2) is 13.6 Å². The van der Waals surface area contributed by atoms with E-state index in [4.69, 9.17) is 4.74 Å². The molecular weight excluding hydrogens is 426 g/mol. The third-order valence-corrected chi connectivity index (χ3v) is 5.47. The topological polar surface area (TPSA) is 84.5 Å². The second kappa shape index (κ2) is 9.48. The van der Waals surface area contributed by atoms with E-state index in [1.54, 1.807) is 13.0 Å². The Balaban J connectivity index is 1.96. The fraction of sp³-hybridized carbons (Fsp3) is 0.136. The van der Waals surface area contributed by atoms with Crippen molar-refractivity contribution in [2.24, 2.45) is 0 Å². The number of amides is 2. The van der Waals surface area contributed by atoms with Crippen molar-refractivity contribution in [3.8, 4) is 0 Å². The summed E-state index contributed by atoms with van der Waals surface area (Å²) in [5, 5.41) is 5.07. The highest BCUT2D eigenvalue weighted by Gasteiger charge is 2.27. The first kappa shape index (κ1) is 22.1. The number of rotatable bonds is 6. The van der Waals surface area contributed by atoms with Crippen LogP contribution in [0.5, 0.6) is 0 Å². The molecular formula is C22H18F2N2O4S. The molecule has 3 aromatic rings. The van der Waals surface area contributed by atoms with Gasteiger partial charge < -0.3 is 15.4 Å².